The molecule has 6 heteroatoms. The topological polar surface area (TPSA) is 77.2 Å². The summed E-state index contributed by atoms with van der Waals surface area (Å²) in [6.07, 6.45) is 3.48. The van der Waals surface area contributed by atoms with E-state index in [0.29, 0.717) is 19.4 Å². The van der Waals surface area contributed by atoms with Crippen LogP contribution in [-0.2, 0) is 11.3 Å². The average molecular weight is 336 g/mol. The predicted octanol–water partition coefficient (Wildman–Crippen LogP) is 1.23. The number of furan rings is 1. The summed E-state index contributed by atoms with van der Waals surface area (Å²) in [6.45, 7) is 5.21. The van der Waals surface area contributed by atoms with Crippen LogP contribution < -0.4 is 0 Å². The number of hydrogen-bond donors (Lipinski definition) is 2. The highest BCUT2D eigenvalue weighted by atomic mass is 16.3. The molecule has 3 heterocycles. The summed E-state index contributed by atoms with van der Waals surface area (Å²) in [5.41, 5.74) is -1.04. The van der Waals surface area contributed by atoms with Crippen molar-refractivity contribution in [3.05, 3.63) is 24.2 Å². The van der Waals surface area contributed by atoms with Gasteiger partial charge in [0.2, 0.25) is 5.91 Å². The van der Waals surface area contributed by atoms with Crippen molar-refractivity contribution in [1.29, 1.82) is 0 Å². The fourth-order valence-electron chi connectivity index (χ4n) is 3.80. The number of amides is 1. The molecule has 3 rings (SSSR count). The van der Waals surface area contributed by atoms with E-state index in [1.807, 2.05) is 19.1 Å². The lowest BCUT2D eigenvalue weighted by molar-refractivity contribution is -0.154. The molecule has 2 aliphatic rings. The molecule has 6 nitrogen and oxygen atoms in total. The molecule has 24 heavy (non-hydrogen) atoms. The second-order valence-corrected chi connectivity index (χ2v) is 7.14. The Bertz CT molecular complexity index is 539. The van der Waals surface area contributed by atoms with Crippen LogP contribution >= 0.6 is 0 Å². The minimum absolute atomic E-state index is 0.0258. The zero-order valence-corrected chi connectivity index (χ0v) is 14.4. The molecule has 0 aromatic carbocycles. The zero-order valence-electron chi connectivity index (χ0n) is 14.4. The third-order valence-corrected chi connectivity index (χ3v) is 5.65. The van der Waals surface area contributed by atoms with Crippen LogP contribution in [0.2, 0.25) is 0 Å². The van der Waals surface area contributed by atoms with E-state index in [9.17, 15) is 15.0 Å². The van der Waals surface area contributed by atoms with Crippen LogP contribution in [0.25, 0.3) is 0 Å². The molecule has 2 atom stereocenters. The van der Waals surface area contributed by atoms with Crippen molar-refractivity contribution >= 4 is 5.91 Å². The number of piperidine rings is 2. The molecule has 1 amide bonds. The fraction of sp³-hybridized carbons (Fsp3) is 0.722. The Morgan fingerprint density at radius 3 is 2.71 bits per heavy atom. The Kier molecular flexibility index (Phi) is 5.27. The second kappa shape index (κ2) is 7.25. The van der Waals surface area contributed by atoms with Gasteiger partial charge in [0.25, 0.3) is 0 Å². The molecule has 2 N–H and O–H groups in total. The van der Waals surface area contributed by atoms with Crippen molar-refractivity contribution < 1.29 is 19.4 Å². The van der Waals surface area contributed by atoms with Gasteiger partial charge in [0.15, 0.2) is 0 Å². The van der Waals surface area contributed by atoms with Crippen LogP contribution in [0, 0.1) is 5.92 Å². The van der Waals surface area contributed by atoms with Crippen LogP contribution in [-0.4, -0.2) is 63.8 Å². The Labute approximate surface area is 143 Å². The predicted molar refractivity (Wildman–Crippen MR) is 89.2 cm³/mol. The number of carbonyl (C=O) groups excluding carboxylic acids is 1. The molecule has 1 aromatic rings. The summed E-state index contributed by atoms with van der Waals surface area (Å²) in [5, 5.41) is 20.5. The van der Waals surface area contributed by atoms with Crippen molar-refractivity contribution in [1.82, 2.24) is 9.80 Å². The third kappa shape index (κ3) is 3.66. The maximum Gasteiger partial charge on any atom is 0.225 e. The highest BCUT2D eigenvalue weighted by Gasteiger charge is 2.41. The molecule has 134 valence electrons. The van der Waals surface area contributed by atoms with E-state index >= 15 is 0 Å². The van der Waals surface area contributed by atoms with E-state index < -0.39 is 11.7 Å². The smallest absolute Gasteiger partial charge is 0.225 e. The average Bonchev–Trinajstić information content (AvgIpc) is 3.10. The van der Waals surface area contributed by atoms with Crippen molar-refractivity contribution in [2.45, 2.75) is 50.9 Å². The third-order valence-electron chi connectivity index (χ3n) is 5.65. The van der Waals surface area contributed by atoms with Crippen LogP contribution in [0.3, 0.4) is 0 Å². The molecule has 0 aliphatic carbocycles. The van der Waals surface area contributed by atoms with Gasteiger partial charge in [0, 0.05) is 19.0 Å². The van der Waals surface area contributed by atoms with Crippen molar-refractivity contribution in [3.63, 3.8) is 0 Å². The molecular formula is C18H28N2O4. The number of likely N-dealkylation sites (tertiary alicyclic amines) is 2. The van der Waals surface area contributed by atoms with Gasteiger partial charge >= 0.3 is 0 Å². The summed E-state index contributed by atoms with van der Waals surface area (Å²) < 4.78 is 5.38. The second-order valence-electron chi connectivity index (χ2n) is 7.14. The summed E-state index contributed by atoms with van der Waals surface area (Å²) in [4.78, 5) is 16.8. The van der Waals surface area contributed by atoms with Crippen molar-refractivity contribution in [2.75, 3.05) is 26.2 Å². The number of carbonyl (C=O) groups is 1. The van der Waals surface area contributed by atoms with Crippen LogP contribution in [0.5, 0.6) is 0 Å². The molecule has 1 aromatic heterocycles. The Morgan fingerprint density at radius 1 is 1.38 bits per heavy atom. The van der Waals surface area contributed by atoms with Gasteiger partial charge in [-0.2, -0.15) is 0 Å². The van der Waals surface area contributed by atoms with Crippen LogP contribution in [0.15, 0.2) is 22.8 Å². The van der Waals surface area contributed by atoms with Gasteiger partial charge in [0.05, 0.1) is 18.4 Å². The summed E-state index contributed by atoms with van der Waals surface area (Å²) in [6, 6.07) is 3.87. The fourth-order valence-corrected chi connectivity index (χ4v) is 3.80. The molecule has 0 unspecified atom stereocenters. The maximum absolute atomic E-state index is 12.7. The first-order chi connectivity index (χ1) is 11.5. The van der Waals surface area contributed by atoms with Gasteiger partial charge in [-0.05, 0) is 50.9 Å². The zero-order chi connectivity index (χ0) is 17.2. The quantitative estimate of drug-likeness (QED) is 0.865. The van der Waals surface area contributed by atoms with Crippen LogP contribution in [0.1, 0.15) is 38.4 Å². The first kappa shape index (κ1) is 17.5. The number of rotatable bonds is 4. The van der Waals surface area contributed by atoms with Gasteiger partial charge in [0.1, 0.15) is 11.9 Å². The van der Waals surface area contributed by atoms with Crippen LogP contribution in [0.4, 0.5) is 0 Å². The van der Waals surface area contributed by atoms with E-state index in [4.69, 9.17) is 4.42 Å². The minimum Gasteiger partial charge on any atom is -0.468 e. The van der Waals surface area contributed by atoms with Crippen molar-refractivity contribution in [2.24, 2.45) is 5.92 Å². The Morgan fingerprint density at radius 2 is 2.12 bits per heavy atom. The van der Waals surface area contributed by atoms with Crippen molar-refractivity contribution in [3.8, 4) is 0 Å². The minimum atomic E-state index is -1.04. The number of aliphatic hydroxyl groups is 2. The molecule has 0 bridgehead atoms. The van der Waals surface area contributed by atoms with E-state index in [2.05, 4.69) is 4.90 Å². The molecule has 0 spiro atoms. The number of nitrogens with zero attached hydrogens (tertiary/aromatic N) is 2. The molecular weight excluding hydrogens is 308 g/mol. The molecule has 2 aliphatic heterocycles. The van der Waals surface area contributed by atoms with E-state index in [-0.39, 0.29) is 18.4 Å². The van der Waals surface area contributed by atoms with Gasteiger partial charge in [-0.15, -0.1) is 0 Å². The highest BCUT2D eigenvalue weighted by molar-refractivity contribution is 5.79. The standard InChI is InChI=1S/C18H28N2O4/c1-2-18(23)7-10-20(13-16(18)21)17(22)14-5-8-19(9-6-14)12-15-4-3-11-24-15/h3-4,11,14,16,21,23H,2,5-10,12-13H2,1H3/t16-,18-/m1/s1. The number of aliphatic hydroxyl groups excluding tert-OH is 1. The maximum atomic E-state index is 12.7. The highest BCUT2D eigenvalue weighted by Crippen LogP contribution is 2.28. The van der Waals surface area contributed by atoms with Gasteiger partial charge in [-0.3, -0.25) is 9.69 Å². The van der Waals surface area contributed by atoms with E-state index in [1.54, 1.807) is 11.2 Å². The summed E-state index contributed by atoms with van der Waals surface area (Å²) >= 11 is 0. The lowest BCUT2D eigenvalue weighted by Crippen LogP contribution is -2.57. The molecule has 0 radical (unpaired) electrons. The van der Waals surface area contributed by atoms with Gasteiger partial charge in [-0.1, -0.05) is 6.92 Å². The summed E-state index contributed by atoms with van der Waals surface area (Å²) in [7, 11) is 0. The first-order valence-electron chi connectivity index (χ1n) is 8.96. The van der Waals surface area contributed by atoms with Gasteiger partial charge in [-0.25, -0.2) is 0 Å². The lowest BCUT2D eigenvalue weighted by atomic mass is 9.85. The van der Waals surface area contributed by atoms with E-state index in [1.165, 1.54) is 0 Å². The molecule has 2 fully saturated rings. The number of β-amino-alcohol motifs (C(OH)–C–C–N with tert-alkyl or cyclic N) is 1. The molecule has 2 saturated heterocycles. The normalized spacial score (nSPS) is 29.8. The number of hydrogen-bond acceptors (Lipinski definition) is 5. The van der Waals surface area contributed by atoms with Gasteiger partial charge < -0.3 is 19.5 Å². The Hall–Kier alpha value is -1.37. The monoisotopic (exact) mass is 336 g/mol. The summed E-state index contributed by atoms with van der Waals surface area (Å²) in [5.74, 6) is 1.11. The SMILES string of the molecule is CC[C@@]1(O)CCN(C(=O)C2CCN(Cc3ccco3)CC2)C[C@H]1O. The first-order valence-corrected chi connectivity index (χ1v) is 8.96. The Balaban J connectivity index is 1.49. The molecule has 0 saturated carbocycles. The lowest BCUT2D eigenvalue weighted by Gasteiger charge is -2.43. The largest absolute Gasteiger partial charge is 0.468 e. The van der Waals surface area contributed by atoms with E-state index in [0.717, 1.165) is 38.2 Å².